The number of pyridine rings is 1. The van der Waals surface area contributed by atoms with Crippen molar-refractivity contribution in [2.45, 2.75) is 39.2 Å². The van der Waals surface area contributed by atoms with Crippen LogP contribution in [0.4, 0.5) is 4.79 Å². The van der Waals surface area contributed by atoms with Gasteiger partial charge in [-0.3, -0.25) is 4.98 Å². The van der Waals surface area contributed by atoms with E-state index in [0.29, 0.717) is 6.54 Å². The Morgan fingerprint density at radius 3 is 2.75 bits per heavy atom. The van der Waals surface area contributed by atoms with Crippen molar-refractivity contribution in [1.82, 2.24) is 15.6 Å². The molecule has 5 nitrogen and oxygen atoms in total. The van der Waals surface area contributed by atoms with Gasteiger partial charge in [-0.1, -0.05) is 6.07 Å². The highest BCUT2D eigenvalue weighted by molar-refractivity contribution is 5.67. The molecule has 0 bridgehead atoms. The van der Waals surface area contributed by atoms with Crippen LogP contribution < -0.4 is 10.6 Å². The van der Waals surface area contributed by atoms with Gasteiger partial charge in [-0.05, 0) is 58.3 Å². The number of ether oxygens (including phenoxy) is 1. The summed E-state index contributed by atoms with van der Waals surface area (Å²) >= 11 is 0. The maximum absolute atomic E-state index is 11.4. The van der Waals surface area contributed by atoms with Gasteiger partial charge in [-0.2, -0.15) is 0 Å². The summed E-state index contributed by atoms with van der Waals surface area (Å²) in [4.78, 5) is 15.4. The van der Waals surface area contributed by atoms with Crippen molar-refractivity contribution in [2.24, 2.45) is 0 Å². The Bertz CT molecular complexity index is 388. The summed E-state index contributed by atoms with van der Waals surface area (Å²) in [7, 11) is 0. The van der Waals surface area contributed by atoms with E-state index in [9.17, 15) is 4.79 Å². The Hall–Kier alpha value is -1.62. The Morgan fingerprint density at radius 1 is 1.30 bits per heavy atom. The van der Waals surface area contributed by atoms with Crippen molar-refractivity contribution in [3.05, 3.63) is 30.1 Å². The minimum atomic E-state index is -0.438. The van der Waals surface area contributed by atoms with E-state index < -0.39 is 5.60 Å². The van der Waals surface area contributed by atoms with E-state index in [1.54, 1.807) is 6.20 Å². The summed E-state index contributed by atoms with van der Waals surface area (Å²) in [6, 6.07) is 4.01. The molecule has 1 amide bonds. The third kappa shape index (κ3) is 8.48. The number of amides is 1. The number of aromatic nitrogens is 1. The molecule has 0 aliphatic carbocycles. The van der Waals surface area contributed by atoms with E-state index in [1.807, 2.05) is 33.0 Å². The highest BCUT2D eigenvalue weighted by Crippen LogP contribution is 2.06. The van der Waals surface area contributed by atoms with Gasteiger partial charge in [-0.15, -0.1) is 0 Å². The molecule has 2 N–H and O–H groups in total. The molecule has 0 spiro atoms. The summed E-state index contributed by atoms with van der Waals surface area (Å²) in [5.41, 5.74) is 0.790. The van der Waals surface area contributed by atoms with Crippen LogP contribution in [-0.4, -0.2) is 36.3 Å². The average molecular weight is 279 g/mol. The van der Waals surface area contributed by atoms with Gasteiger partial charge in [0.1, 0.15) is 5.60 Å². The maximum Gasteiger partial charge on any atom is 0.407 e. The molecule has 20 heavy (non-hydrogen) atoms. The lowest BCUT2D eigenvalue weighted by Crippen LogP contribution is -2.34. The normalized spacial score (nSPS) is 11.2. The summed E-state index contributed by atoms with van der Waals surface area (Å²) in [5.74, 6) is 0. The predicted octanol–water partition coefficient (Wildman–Crippen LogP) is 2.13. The van der Waals surface area contributed by atoms with Gasteiger partial charge < -0.3 is 15.4 Å². The number of nitrogens with one attached hydrogen (secondary N) is 2. The lowest BCUT2D eigenvalue weighted by molar-refractivity contribution is 0.0527. The summed E-state index contributed by atoms with van der Waals surface area (Å²) in [6.45, 7) is 7.97. The first-order chi connectivity index (χ1) is 9.47. The highest BCUT2D eigenvalue weighted by Gasteiger charge is 2.15. The number of rotatable bonds is 7. The molecule has 112 valence electrons. The molecule has 0 unspecified atom stereocenters. The summed E-state index contributed by atoms with van der Waals surface area (Å²) in [5, 5.41) is 6.07. The zero-order valence-electron chi connectivity index (χ0n) is 12.6. The molecule has 1 aromatic heterocycles. The minimum Gasteiger partial charge on any atom is -0.444 e. The van der Waals surface area contributed by atoms with Gasteiger partial charge >= 0.3 is 6.09 Å². The fourth-order valence-corrected chi connectivity index (χ4v) is 1.62. The van der Waals surface area contributed by atoms with Crippen molar-refractivity contribution >= 4 is 6.09 Å². The third-order valence-electron chi connectivity index (χ3n) is 2.51. The number of carbonyl (C=O) groups excluding carboxylic acids is 1. The zero-order chi connectivity index (χ0) is 14.8. The molecule has 0 radical (unpaired) electrons. The van der Waals surface area contributed by atoms with Gasteiger partial charge in [-0.25, -0.2) is 4.79 Å². The topological polar surface area (TPSA) is 63.2 Å². The minimum absolute atomic E-state index is 0.354. The van der Waals surface area contributed by atoms with Crippen LogP contribution in [0.1, 0.15) is 32.8 Å². The molecule has 0 aliphatic heterocycles. The second-order valence-corrected chi connectivity index (χ2v) is 5.64. The fraction of sp³-hybridized carbons (Fsp3) is 0.600. The molecule has 0 aliphatic rings. The van der Waals surface area contributed by atoms with Crippen LogP contribution >= 0.6 is 0 Å². The van der Waals surface area contributed by atoms with Crippen LogP contribution in [0, 0.1) is 0 Å². The first-order valence-electron chi connectivity index (χ1n) is 7.04. The average Bonchev–Trinajstić information content (AvgIpc) is 2.37. The van der Waals surface area contributed by atoms with Crippen LogP contribution in [0.15, 0.2) is 24.5 Å². The van der Waals surface area contributed by atoms with Crippen LogP contribution in [0.25, 0.3) is 0 Å². The standard InChI is InChI=1S/C15H25N3O2/c1-15(2,3)20-14(19)18-10-5-9-16-11-7-13-6-4-8-17-12-13/h4,6,8,12,16H,5,7,9-11H2,1-3H3,(H,18,19). The molecule has 0 aromatic carbocycles. The maximum atomic E-state index is 11.4. The van der Waals surface area contributed by atoms with E-state index in [4.69, 9.17) is 4.74 Å². The van der Waals surface area contributed by atoms with Crippen LogP contribution in [0.2, 0.25) is 0 Å². The number of carbonyl (C=O) groups is 1. The fourth-order valence-electron chi connectivity index (χ4n) is 1.62. The molecule has 0 atom stereocenters. The highest BCUT2D eigenvalue weighted by atomic mass is 16.6. The number of hydrogen-bond donors (Lipinski definition) is 2. The van der Waals surface area contributed by atoms with Crippen molar-refractivity contribution in [3.8, 4) is 0 Å². The van der Waals surface area contributed by atoms with E-state index in [2.05, 4.69) is 21.7 Å². The number of nitrogens with zero attached hydrogens (tertiary/aromatic N) is 1. The molecular formula is C15H25N3O2. The monoisotopic (exact) mass is 279 g/mol. The SMILES string of the molecule is CC(C)(C)OC(=O)NCCCNCCc1cccnc1. The Labute approximate surface area is 121 Å². The lowest BCUT2D eigenvalue weighted by atomic mass is 10.2. The van der Waals surface area contributed by atoms with Gasteiger partial charge in [0, 0.05) is 18.9 Å². The van der Waals surface area contributed by atoms with Crippen molar-refractivity contribution in [2.75, 3.05) is 19.6 Å². The predicted molar refractivity (Wildman–Crippen MR) is 79.7 cm³/mol. The quantitative estimate of drug-likeness (QED) is 0.751. The molecule has 1 rings (SSSR count). The van der Waals surface area contributed by atoms with Crippen molar-refractivity contribution in [3.63, 3.8) is 0 Å². The second-order valence-electron chi connectivity index (χ2n) is 5.64. The van der Waals surface area contributed by atoms with Gasteiger partial charge in [0.15, 0.2) is 0 Å². The van der Waals surface area contributed by atoms with Gasteiger partial charge in [0.05, 0.1) is 0 Å². The first-order valence-corrected chi connectivity index (χ1v) is 7.04. The molecule has 1 aromatic rings. The van der Waals surface area contributed by atoms with E-state index in [1.165, 1.54) is 5.56 Å². The van der Waals surface area contributed by atoms with E-state index in [0.717, 1.165) is 25.9 Å². The molecule has 5 heteroatoms. The largest absolute Gasteiger partial charge is 0.444 e. The molecule has 1 heterocycles. The van der Waals surface area contributed by atoms with Crippen LogP contribution in [0.5, 0.6) is 0 Å². The lowest BCUT2D eigenvalue weighted by Gasteiger charge is -2.19. The molecule has 0 saturated carbocycles. The van der Waals surface area contributed by atoms with Crippen molar-refractivity contribution < 1.29 is 9.53 Å². The Kier molecular flexibility index (Phi) is 7.01. The number of hydrogen-bond acceptors (Lipinski definition) is 4. The van der Waals surface area contributed by atoms with Gasteiger partial charge in [0.25, 0.3) is 0 Å². The van der Waals surface area contributed by atoms with E-state index in [-0.39, 0.29) is 6.09 Å². The Morgan fingerprint density at radius 2 is 2.10 bits per heavy atom. The Balaban J connectivity index is 1.96. The van der Waals surface area contributed by atoms with Crippen LogP contribution in [-0.2, 0) is 11.2 Å². The smallest absolute Gasteiger partial charge is 0.407 e. The molecule has 0 saturated heterocycles. The summed E-state index contributed by atoms with van der Waals surface area (Å²) in [6.07, 6.45) is 5.15. The molecule has 0 fully saturated rings. The number of alkyl carbamates (subject to hydrolysis) is 1. The first kappa shape index (κ1) is 16.4. The van der Waals surface area contributed by atoms with Crippen molar-refractivity contribution in [1.29, 1.82) is 0 Å². The van der Waals surface area contributed by atoms with Gasteiger partial charge in [0.2, 0.25) is 0 Å². The summed E-state index contributed by atoms with van der Waals surface area (Å²) < 4.78 is 5.15. The molecular weight excluding hydrogens is 254 g/mol. The van der Waals surface area contributed by atoms with Crippen LogP contribution in [0.3, 0.4) is 0 Å². The van der Waals surface area contributed by atoms with E-state index >= 15 is 0 Å². The zero-order valence-corrected chi connectivity index (χ0v) is 12.6. The third-order valence-corrected chi connectivity index (χ3v) is 2.51. The second kappa shape index (κ2) is 8.53.